The van der Waals surface area contributed by atoms with E-state index in [1.807, 2.05) is 12.1 Å². The number of fused-ring (bicyclic) bond motifs is 2. The molecule has 0 bridgehead atoms. The van der Waals surface area contributed by atoms with Crippen molar-refractivity contribution in [1.29, 1.82) is 0 Å². The summed E-state index contributed by atoms with van der Waals surface area (Å²) in [6.07, 6.45) is 0.119. The molecule has 3 aromatic rings. The highest BCUT2D eigenvalue weighted by atomic mass is 16.7. The summed E-state index contributed by atoms with van der Waals surface area (Å²) in [5.74, 6) is -1.75. The number of imide groups is 1. The van der Waals surface area contributed by atoms with Gasteiger partial charge in [-0.1, -0.05) is 36.4 Å². The van der Waals surface area contributed by atoms with E-state index >= 15 is 0 Å². The standard InChI is InChI=1S/C18H12N2O4/c21-15-9-10-16(22)20(15)24-18(23)17-11-5-1-3-7-13(11)19-14-8-4-2-6-12(14)17/h1-8H,9-10H2. The second-order valence-electron chi connectivity index (χ2n) is 5.48. The van der Waals surface area contributed by atoms with Gasteiger partial charge in [0.2, 0.25) is 0 Å². The minimum Gasteiger partial charge on any atom is -0.325 e. The van der Waals surface area contributed by atoms with E-state index in [9.17, 15) is 14.4 Å². The lowest BCUT2D eigenvalue weighted by atomic mass is 10.0. The van der Waals surface area contributed by atoms with E-state index in [2.05, 4.69) is 4.98 Å². The molecule has 0 aliphatic carbocycles. The summed E-state index contributed by atoms with van der Waals surface area (Å²) >= 11 is 0. The summed E-state index contributed by atoms with van der Waals surface area (Å²) in [4.78, 5) is 45.7. The summed E-state index contributed by atoms with van der Waals surface area (Å²) in [6, 6.07) is 14.4. The highest BCUT2D eigenvalue weighted by Gasteiger charge is 2.34. The number of hydrogen-bond donors (Lipinski definition) is 0. The average molecular weight is 320 g/mol. The van der Waals surface area contributed by atoms with Gasteiger partial charge < -0.3 is 4.84 Å². The van der Waals surface area contributed by atoms with Crippen LogP contribution in [0.4, 0.5) is 0 Å². The van der Waals surface area contributed by atoms with E-state index in [0.29, 0.717) is 32.4 Å². The van der Waals surface area contributed by atoms with Gasteiger partial charge in [-0.25, -0.2) is 9.78 Å². The summed E-state index contributed by atoms with van der Waals surface area (Å²) < 4.78 is 0. The fourth-order valence-corrected chi connectivity index (χ4v) is 2.85. The molecule has 6 heteroatoms. The molecule has 0 radical (unpaired) electrons. The zero-order valence-electron chi connectivity index (χ0n) is 12.6. The zero-order valence-corrected chi connectivity index (χ0v) is 12.6. The molecule has 0 unspecified atom stereocenters. The van der Waals surface area contributed by atoms with Crippen molar-refractivity contribution in [2.45, 2.75) is 12.8 Å². The smallest absolute Gasteiger partial charge is 0.325 e. The van der Waals surface area contributed by atoms with Crippen LogP contribution in [0.3, 0.4) is 0 Å². The van der Waals surface area contributed by atoms with Crippen molar-refractivity contribution in [1.82, 2.24) is 10.0 Å². The number of hydroxylamine groups is 2. The quantitative estimate of drug-likeness (QED) is 0.536. The number of aromatic nitrogens is 1. The van der Waals surface area contributed by atoms with E-state index in [1.165, 1.54) is 0 Å². The Labute approximate surface area is 136 Å². The molecule has 0 atom stereocenters. The molecule has 1 aromatic heterocycles. The van der Waals surface area contributed by atoms with Gasteiger partial charge >= 0.3 is 5.97 Å². The SMILES string of the molecule is O=C(ON1C(=O)CCC1=O)c1c2ccccc2nc2ccccc12. The average Bonchev–Trinajstić information content (AvgIpc) is 2.91. The number of pyridine rings is 1. The Kier molecular flexibility index (Phi) is 3.23. The maximum absolute atomic E-state index is 12.7. The molecule has 118 valence electrons. The number of nitrogens with zero attached hydrogens (tertiary/aromatic N) is 2. The van der Waals surface area contributed by atoms with Crippen molar-refractivity contribution in [3.8, 4) is 0 Å². The van der Waals surface area contributed by atoms with Gasteiger partial charge in [0.15, 0.2) is 0 Å². The molecule has 1 fully saturated rings. The number of benzene rings is 2. The second kappa shape index (κ2) is 5.42. The lowest BCUT2D eigenvalue weighted by Gasteiger charge is -2.15. The summed E-state index contributed by atoms with van der Waals surface area (Å²) in [6.45, 7) is 0. The number of carbonyl (C=O) groups excluding carboxylic acids is 3. The lowest BCUT2D eigenvalue weighted by molar-refractivity contribution is -0.172. The highest BCUT2D eigenvalue weighted by Crippen LogP contribution is 2.27. The van der Waals surface area contributed by atoms with Gasteiger partial charge in [-0.3, -0.25) is 9.59 Å². The summed E-state index contributed by atoms with van der Waals surface area (Å²) in [7, 11) is 0. The number of amides is 2. The van der Waals surface area contributed by atoms with E-state index in [0.717, 1.165) is 0 Å². The third-order valence-electron chi connectivity index (χ3n) is 3.97. The van der Waals surface area contributed by atoms with Gasteiger partial charge in [0.25, 0.3) is 11.8 Å². The van der Waals surface area contributed by atoms with Gasteiger partial charge in [0.1, 0.15) is 0 Å². The van der Waals surface area contributed by atoms with Gasteiger partial charge in [0, 0.05) is 23.6 Å². The van der Waals surface area contributed by atoms with Crippen molar-refractivity contribution in [2.24, 2.45) is 0 Å². The largest absolute Gasteiger partial charge is 0.365 e. The molecule has 2 amide bonds. The van der Waals surface area contributed by atoms with E-state index < -0.39 is 17.8 Å². The first-order chi connectivity index (χ1) is 11.6. The maximum Gasteiger partial charge on any atom is 0.365 e. The van der Waals surface area contributed by atoms with Gasteiger partial charge in [-0.2, -0.15) is 0 Å². The number of para-hydroxylation sites is 2. The fourth-order valence-electron chi connectivity index (χ4n) is 2.85. The molecule has 6 nitrogen and oxygen atoms in total. The Morgan fingerprint density at radius 3 is 1.92 bits per heavy atom. The number of rotatable bonds is 2. The first kappa shape index (κ1) is 14.3. The summed E-state index contributed by atoms with van der Waals surface area (Å²) in [5, 5.41) is 1.78. The first-order valence-corrected chi connectivity index (χ1v) is 7.51. The second-order valence-corrected chi connectivity index (χ2v) is 5.48. The van der Waals surface area contributed by atoms with Crippen LogP contribution in [-0.2, 0) is 14.4 Å². The molecule has 0 saturated carbocycles. The first-order valence-electron chi connectivity index (χ1n) is 7.51. The van der Waals surface area contributed by atoms with Crippen LogP contribution >= 0.6 is 0 Å². The van der Waals surface area contributed by atoms with Gasteiger partial charge in [-0.05, 0) is 12.1 Å². The van der Waals surface area contributed by atoms with Crippen molar-refractivity contribution in [2.75, 3.05) is 0 Å². The topological polar surface area (TPSA) is 76.6 Å². The Morgan fingerprint density at radius 1 is 0.875 bits per heavy atom. The Balaban J connectivity index is 1.88. The van der Waals surface area contributed by atoms with E-state index in [1.54, 1.807) is 36.4 Å². The van der Waals surface area contributed by atoms with Gasteiger partial charge in [0.05, 0.1) is 16.6 Å². The maximum atomic E-state index is 12.7. The molecular formula is C18H12N2O4. The van der Waals surface area contributed by atoms with Crippen LogP contribution in [0.15, 0.2) is 48.5 Å². The number of carbonyl (C=O) groups is 3. The van der Waals surface area contributed by atoms with Crippen LogP contribution in [0.25, 0.3) is 21.8 Å². The predicted octanol–water partition coefficient (Wildman–Crippen LogP) is 2.61. The van der Waals surface area contributed by atoms with Crippen molar-refractivity contribution in [3.05, 3.63) is 54.1 Å². The molecule has 4 rings (SSSR count). The molecule has 1 aliphatic heterocycles. The lowest BCUT2D eigenvalue weighted by Crippen LogP contribution is -2.32. The Morgan fingerprint density at radius 2 is 1.38 bits per heavy atom. The molecule has 2 aromatic carbocycles. The molecular weight excluding hydrogens is 308 g/mol. The molecule has 1 saturated heterocycles. The molecule has 2 heterocycles. The van der Waals surface area contributed by atoms with Gasteiger partial charge in [-0.15, -0.1) is 5.06 Å². The van der Waals surface area contributed by atoms with Crippen LogP contribution in [0, 0.1) is 0 Å². The van der Waals surface area contributed by atoms with Crippen LogP contribution < -0.4 is 0 Å². The van der Waals surface area contributed by atoms with Crippen molar-refractivity contribution < 1.29 is 19.2 Å². The third kappa shape index (κ3) is 2.20. The minimum atomic E-state index is -0.742. The normalized spacial score (nSPS) is 14.6. The fraction of sp³-hybridized carbons (Fsp3) is 0.111. The number of hydrogen-bond acceptors (Lipinski definition) is 5. The zero-order chi connectivity index (χ0) is 16.7. The third-order valence-corrected chi connectivity index (χ3v) is 3.97. The van der Waals surface area contributed by atoms with E-state index in [-0.39, 0.29) is 12.8 Å². The summed E-state index contributed by atoms with van der Waals surface area (Å²) in [5.41, 5.74) is 1.58. The van der Waals surface area contributed by atoms with Crippen LogP contribution in [-0.4, -0.2) is 27.8 Å². The van der Waals surface area contributed by atoms with Crippen LogP contribution in [0.1, 0.15) is 23.2 Å². The van der Waals surface area contributed by atoms with Crippen molar-refractivity contribution in [3.63, 3.8) is 0 Å². The monoisotopic (exact) mass is 320 g/mol. The van der Waals surface area contributed by atoms with Crippen LogP contribution in [0.5, 0.6) is 0 Å². The van der Waals surface area contributed by atoms with Crippen LogP contribution in [0.2, 0.25) is 0 Å². The Bertz CT molecular complexity index is 942. The predicted molar refractivity (Wildman–Crippen MR) is 85.8 cm³/mol. The van der Waals surface area contributed by atoms with Crippen molar-refractivity contribution >= 4 is 39.6 Å². The molecule has 24 heavy (non-hydrogen) atoms. The van der Waals surface area contributed by atoms with E-state index in [4.69, 9.17) is 4.84 Å². The molecule has 0 N–H and O–H groups in total. The highest BCUT2D eigenvalue weighted by molar-refractivity contribution is 6.15. The minimum absolute atomic E-state index is 0.0595. The molecule has 1 aliphatic rings. The molecule has 0 spiro atoms. The Hall–Kier alpha value is -3.28.